The van der Waals surface area contributed by atoms with Gasteiger partial charge in [-0.25, -0.2) is 4.39 Å². The van der Waals surface area contributed by atoms with Crippen LogP contribution in [0.5, 0.6) is 0 Å². The summed E-state index contributed by atoms with van der Waals surface area (Å²) < 4.78 is 14.3. The molecule has 0 unspecified atom stereocenters. The van der Waals surface area contributed by atoms with E-state index in [2.05, 4.69) is 24.1 Å². The lowest BCUT2D eigenvalue weighted by molar-refractivity contribution is -0.137. The van der Waals surface area contributed by atoms with Gasteiger partial charge < -0.3 is 10.2 Å². The van der Waals surface area contributed by atoms with Crippen molar-refractivity contribution in [2.24, 2.45) is 0 Å². The van der Waals surface area contributed by atoms with Crippen molar-refractivity contribution in [3.05, 3.63) is 101 Å². The van der Waals surface area contributed by atoms with Crippen molar-refractivity contribution < 1.29 is 14.0 Å². The first-order valence-electron chi connectivity index (χ1n) is 11.5. The Hall–Kier alpha value is -3.93. The first-order valence-corrected chi connectivity index (χ1v) is 11.5. The lowest BCUT2D eigenvalue weighted by atomic mass is 10.0. The van der Waals surface area contributed by atoms with E-state index in [1.165, 1.54) is 6.07 Å². The number of carbonyl (C=O) groups is 2. The number of aryl methyl sites for hydroxylation is 1. The molecule has 0 spiro atoms. The zero-order chi connectivity index (χ0) is 24.2. The van der Waals surface area contributed by atoms with E-state index >= 15 is 0 Å². The molecule has 0 fully saturated rings. The summed E-state index contributed by atoms with van der Waals surface area (Å²) in [6.45, 7) is 7.81. The number of benzene rings is 3. The Morgan fingerprint density at radius 2 is 1.50 bits per heavy atom. The highest BCUT2D eigenvalue weighted by Crippen LogP contribution is 2.32. The lowest BCUT2D eigenvalue weighted by Gasteiger charge is -2.21. The Morgan fingerprint density at radius 1 is 0.853 bits per heavy atom. The Labute approximate surface area is 199 Å². The third-order valence-electron chi connectivity index (χ3n) is 6.06. The summed E-state index contributed by atoms with van der Waals surface area (Å²) in [5.74, 6) is -1.37. The number of rotatable bonds is 8. The Bertz CT molecular complexity index is 1230. The van der Waals surface area contributed by atoms with Gasteiger partial charge in [0.1, 0.15) is 11.5 Å². The van der Waals surface area contributed by atoms with Gasteiger partial charge in [0.05, 0.1) is 12.1 Å². The Balaban J connectivity index is 1.69. The van der Waals surface area contributed by atoms with Gasteiger partial charge in [-0.05, 0) is 56.7 Å². The zero-order valence-corrected chi connectivity index (χ0v) is 19.6. The molecule has 5 nitrogen and oxygen atoms in total. The summed E-state index contributed by atoms with van der Waals surface area (Å²) in [4.78, 5) is 30.1. The second-order valence-electron chi connectivity index (χ2n) is 8.25. The van der Waals surface area contributed by atoms with Gasteiger partial charge in [0.2, 0.25) is 0 Å². The quantitative estimate of drug-likeness (QED) is 0.462. The molecule has 0 saturated carbocycles. The van der Waals surface area contributed by atoms with Crippen molar-refractivity contribution in [3.63, 3.8) is 0 Å². The van der Waals surface area contributed by atoms with Crippen LogP contribution in [0, 0.1) is 12.7 Å². The van der Waals surface area contributed by atoms with Crippen molar-refractivity contribution in [3.8, 4) is 0 Å². The first kappa shape index (κ1) is 23.2. The molecule has 4 rings (SSSR count). The van der Waals surface area contributed by atoms with E-state index in [9.17, 15) is 14.0 Å². The van der Waals surface area contributed by atoms with Crippen LogP contribution in [-0.2, 0) is 16.1 Å². The minimum Gasteiger partial charge on any atom is -0.372 e. The van der Waals surface area contributed by atoms with Crippen LogP contribution in [0.25, 0.3) is 5.57 Å². The van der Waals surface area contributed by atoms with Crippen LogP contribution in [-0.4, -0.2) is 29.8 Å². The van der Waals surface area contributed by atoms with Gasteiger partial charge in [0.15, 0.2) is 0 Å². The number of nitrogens with zero attached hydrogens (tertiary/aromatic N) is 2. The number of amides is 2. The normalized spacial score (nSPS) is 13.6. The van der Waals surface area contributed by atoms with E-state index in [1.54, 1.807) is 18.2 Å². The first-order chi connectivity index (χ1) is 16.4. The standard InChI is InChI=1S/C28H28FN3O2/c1-4-31(5-2)23-16-14-22(15-17-23)30-26-25(20-12-10-19(3)11-13-20)27(33)32(28(26)34)18-21-8-6-7-9-24(21)29/h6-17,30H,4-5,18H2,1-3H3. The van der Waals surface area contributed by atoms with Crippen molar-refractivity contribution in [2.75, 3.05) is 23.3 Å². The summed E-state index contributed by atoms with van der Waals surface area (Å²) in [6, 6.07) is 21.4. The van der Waals surface area contributed by atoms with Crippen LogP contribution in [0.2, 0.25) is 0 Å². The van der Waals surface area contributed by atoms with E-state index in [0.29, 0.717) is 11.3 Å². The molecular formula is C28H28FN3O2. The third-order valence-corrected chi connectivity index (χ3v) is 6.06. The minimum absolute atomic E-state index is 0.133. The van der Waals surface area contributed by atoms with Crippen LogP contribution in [0.1, 0.15) is 30.5 Å². The van der Waals surface area contributed by atoms with Crippen LogP contribution in [0.15, 0.2) is 78.5 Å². The van der Waals surface area contributed by atoms with Gasteiger partial charge >= 0.3 is 0 Å². The molecule has 174 valence electrons. The topological polar surface area (TPSA) is 52.7 Å². The molecule has 34 heavy (non-hydrogen) atoms. The molecule has 0 atom stereocenters. The van der Waals surface area contributed by atoms with Crippen LogP contribution in [0.4, 0.5) is 15.8 Å². The van der Waals surface area contributed by atoms with Gasteiger partial charge in [0, 0.05) is 30.0 Å². The van der Waals surface area contributed by atoms with Crippen molar-refractivity contribution in [1.29, 1.82) is 0 Å². The monoisotopic (exact) mass is 457 g/mol. The summed E-state index contributed by atoms with van der Waals surface area (Å²) in [5, 5.41) is 3.17. The summed E-state index contributed by atoms with van der Waals surface area (Å²) >= 11 is 0. The van der Waals surface area contributed by atoms with Gasteiger partial charge in [-0.1, -0.05) is 48.0 Å². The van der Waals surface area contributed by atoms with Crippen LogP contribution >= 0.6 is 0 Å². The minimum atomic E-state index is -0.475. The Kier molecular flexibility index (Phi) is 6.77. The predicted octanol–water partition coefficient (Wildman–Crippen LogP) is 5.37. The average Bonchev–Trinajstić information content (AvgIpc) is 3.07. The molecule has 3 aromatic carbocycles. The molecular weight excluding hydrogens is 429 g/mol. The van der Waals surface area contributed by atoms with Crippen molar-refractivity contribution >= 4 is 28.8 Å². The van der Waals surface area contributed by atoms with Gasteiger partial charge in [-0.3, -0.25) is 14.5 Å². The highest BCUT2D eigenvalue weighted by molar-refractivity contribution is 6.36. The fourth-order valence-electron chi connectivity index (χ4n) is 4.11. The number of hydrogen-bond donors (Lipinski definition) is 1. The highest BCUT2D eigenvalue weighted by Gasteiger charge is 2.39. The molecule has 1 N–H and O–H groups in total. The molecule has 1 aliphatic rings. The van der Waals surface area contributed by atoms with Crippen molar-refractivity contribution in [1.82, 2.24) is 4.90 Å². The fraction of sp³-hybridized carbons (Fsp3) is 0.214. The maximum absolute atomic E-state index is 14.3. The molecule has 0 bridgehead atoms. The number of imide groups is 1. The number of hydrogen-bond acceptors (Lipinski definition) is 4. The maximum Gasteiger partial charge on any atom is 0.278 e. The second kappa shape index (κ2) is 9.91. The van der Waals surface area contributed by atoms with E-state index in [-0.39, 0.29) is 23.4 Å². The summed E-state index contributed by atoms with van der Waals surface area (Å²) in [7, 11) is 0. The molecule has 0 radical (unpaired) electrons. The zero-order valence-electron chi connectivity index (χ0n) is 19.6. The lowest BCUT2D eigenvalue weighted by Crippen LogP contribution is -2.32. The van der Waals surface area contributed by atoms with Gasteiger partial charge in [-0.2, -0.15) is 0 Å². The smallest absolute Gasteiger partial charge is 0.278 e. The van der Waals surface area contributed by atoms with E-state index in [4.69, 9.17) is 0 Å². The Morgan fingerprint density at radius 3 is 2.12 bits per heavy atom. The number of halogens is 1. The number of nitrogens with one attached hydrogen (secondary N) is 1. The SMILES string of the molecule is CCN(CC)c1ccc(NC2=C(c3ccc(C)cc3)C(=O)N(Cc3ccccc3F)C2=O)cc1. The van der Waals surface area contributed by atoms with E-state index < -0.39 is 17.6 Å². The second-order valence-corrected chi connectivity index (χ2v) is 8.25. The molecule has 2 amide bonds. The van der Waals surface area contributed by atoms with Gasteiger partial charge in [0.25, 0.3) is 11.8 Å². The number of carbonyl (C=O) groups excluding carboxylic acids is 2. The summed E-state index contributed by atoms with van der Waals surface area (Å²) in [6.07, 6.45) is 0. The third kappa shape index (κ3) is 4.57. The molecule has 0 saturated heterocycles. The van der Waals surface area contributed by atoms with Crippen LogP contribution in [0.3, 0.4) is 0 Å². The largest absolute Gasteiger partial charge is 0.372 e. The fourth-order valence-corrected chi connectivity index (χ4v) is 4.11. The van der Waals surface area contributed by atoms with Crippen molar-refractivity contribution in [2.45, 2.75) is 27.3 Å². The van der Waals surface area contributed by atoms with E-state index in [0.717, 1.165) is 29.2 Å². The van der Waals surface area contributed by atoms with Gasteiger partial charge in [-0.15, -0.1) is 0 Å². The highest BCUT2D eigenvalue weighted by atomic mass is 19.1. The average molecular weight is 458 g/mol. The molecule has 3 aromatic rings. The van der Waals surface area contributed by atoms with E-state index in [1.807, 2.05) is 55.5 Å². The number of anilines is 2. The molecule has 0 aromatic heterocycles. The molecule has 1 heterocycles. The predicted molar refractivity (Wildman–Crippen MR) is 134 cm³/mol. The summed E-state index contributed by atoms with van der Waals surface area (Å²) in [5.41, 5.74) is 4.24. The van der Waals surface area contributed by atoms with Crippen LogP contribution < -0.4 is 10.2 Å². The maximum atomic E-state index is 14.3. The molecule has 1 aliphatic heterocycles. The molecule has 6 heteroatoms. The molecule has 0 aliphatic carbocycles.